The summed E-state index contributed by atoms with van der Waals surface area (Å²) in [6.45, 7) is 3.82. The van der Waals surface area contributed by atoms with Gasteiger partial charge in [-0.1, -0.05) is 6.92 Å². The Morgan fingerprint density at radius 2 is 2.14 bits per heavy atom. The minimum absolute atomic E-state index is 0.0811. The van der Waals surface area contributed by atoms with Gasteiger partial charge in [0.2, 0.25) is 11.7 Å². The van der Waals surface area contributed by atoms with Crippen molar-refractivity contribution in [1.82, 2.24) is 4.98 Å². The Bertz CT molecular complexity index is 651. The van der Waals surface area contributed by atoms with Crippen molar-refractivity contribution in [1.29, 1.82) is 0 Å². The van der Waals surface area contributed by atoms with Gasteiger partial charge in [0.25, 0.3) is 0 Å². The second kappa shape index (κ2) is 6.39. The zero-order chi connectivity index (χ0) is 15.4. The fraction of sp³-hybridized carbons (Fsp3) is 0.333. The number of esters is 1. The third-order valence-electron chi connectivity index (χ3n) is 2.89. The molecule has 0 aliphatic rings. The second-order valence-electron chi connectivity index (χ2n) is 4.22. The Hall–Kier alpha value is -2.37. The molecule has 0 aliphatic heterocycles. The van der Waals surface area contributed by atoms with Crippen LogP contribution in [0.25, 0.3) is 11.5 Å². The van der Waals surface area contributed by atoms with Crippen LogP contribution in [0.1, 0.15) is 30.1 Å². The average Bonchev–Trinajstić information content (AvgIpc) is 2.92. The van der Waals surface area contributed by atoms with E-state index in [2.05, 4.69) is 4.98 Å². The molecule has 0 bridgehead atoms. The SMILES string of the molecule is CCOC(=O)c1oc(-c2ccc(F)c(OC)c2)nc1CC. The van der Waals surface area contributed by atoms with Crippen molar-refractivity contribution in [3.63, 3.8) is 0 Å². The molecule has 0 amide bonds. The molecule has 0 spiro atoms. The molecular formula is C15H16FNO4. The zero-order valence-electron chi connectivity index (χ0n) is 12.1. The Kier molecular flexibility index (Phi) is 4.57. The molecule has 1 aromatic heterocycles. The van der Waals surface area contributed by atoms with E-state index in [-0.39, 0.29) is 24.0 Å². The van der Waals surface area contributed by atoms with Crippen molar-refractivity contribution in [2.45, 2.75) is 20.3 Å². The van der Waals surface area contributed by atoms with E-state index in [1.54, 1.807) is 6.92 Å². The van der Waals surface area contributed by atoms with Gasteiger partial charge in [0, 0.05) is 5.56 Å². The van der Waals surface area contributed by atoms with Crippen molar-refractivity contribution >= 4 is 5.97 Å². The fourth-order valence-corrected chi connectivity index (χ4v) is 1.86. The number of oxazole rings is 1. The first-order valence-electron chi connectivity index (χ1n) is 6.61. The predicted molar refractivity (Wildman–Crippen MR) is 73.8 cm³/mol. The number of methoxy groups -OCH3 is 1. The van der Waals surface area contributed by atoms with Gasteiger partial charge in [-0.2, -0.15) is 0 Å². The smallest absolute Gasteiger partial charge is 0.376 e. The fourth-order valence-electron chi connectivity index (χ4n) is 1.86. The largest absolute Gasteiger partial charge is 0.494 e. The summed E-state index contributed by atoms with van der Waals surface area (Å²) in [7, 11) is 1.37. The van der Waals surface area contributed by atoms with Crippen LogP contribution in [0.5, 0.6) is 5.75 Å². The molecular weight excluding hydrogens is 277 g/mol. The van der Waals surface area contributed by atoms with Gasteiger partial charge in [-0.25, -0.2) is 14.2 Å². The van der Waals surface area contributed by atoms with Crippen molar-refractivity contribution in [3.05, 3.63) is 35.5 Å². The molecule has 0 aliphatic carbocycles. The minimum Gasteiger partial charge on any atom is -0.494 e. The number of benzene rings is 1. The Balaban J connectivity index is 2.43. The maximum atomic E-state index is 13.4. The molecule has 0 radical (unpaired) electrons. The van der Waals surface area contributed by atoms with Gasteiger partial charge in [0.05, 0.1) is 19.4 Å². The number of ether oxygens (including phenoxy) is 2. The Labute approximate surface area is 121 Å². The lowest BCUT2D eigenvalue weighted by Gasteiger charge is -2.02. The number of aromatic nitrogens is 1. The van der Waals surface area contributed by atoms with E-state index in [0.29, 0.717) is 17.7 Å². The molecule has 0 atom stereocenters. The molecule has 5 nitrogen and oxygen atoms in total. The van der Waals surface area contributed by atoms with E-state index in [9.17, 15) is 9.18 Å². The van der Waals surface area contributed by atoms with E-state index < -0.39 is 11.8 Å². The number of hydrogen-bond acceptors (Lipinski definition) is 5. The molecule has 0 unspecified atom stereocenters. The first-order valence-corrected chi connectivity index (χ1v) is 6.61. The summed E-state index contributed by atoms with van der Waals surface area (Å²) in [4.78, 5) is 16.1. The molecule has 0 saturated heterocycles. The number of carbonyl (C=O) groups excluding carboxylic acids is 1. The average molecular weight is 293 g/mol. The maximum Gasteiger partial charge on any atom is 0.376 e. The lowest BCUT2D eigenvalue weighted by atomic mass is 10.2. The molecule has 21 heavy (non-hydrogen) atoms. The van der Waals surface area contributed by atoms with Crippen LogP contribution in [-0.4, -0.2) is 24.7 Å². The highest BCUT2D eigenvalue weighted by molar-refractivity contribution is 5.88. The normalized spacial score (nSPS) is 10.5. The van der Waals surface area contributed by atoms with E-state index in [4.69, 9.17) is 13.9 Å². The summed E-state index contributed by atoms with van der Waals surface area (Å²) in [6.07, 6.45) is 0.524. The molecule has 112 valence electrons. The molecule has 0 N–H and O–H groups in total. The van der Waals surface area contributed by atoms with Crippen molar-refractivity contribution in [2.24, 2.45) is 0 Å². The van der Waals surface area contributed by atoms with E-state index >= 15 is 0 Å². The van der Waals surface area contributed by atoms with Crippen LogP contribution < -0.4 is 4.74 Å². The summed E-state index contributed by atoms with van der Waals surface area (Å²) in [5.74, 6) is -0.636. The molecule has 1 aromatic carbocycles. The first-order chi connectivity index (χ1) is 10.1. The third-order valence-corrected chi connectivity index (χ3v) is 2.89. The first kappa shape index (κ1) is 15.0. The second-order valence-corrected chi connectivity index (χ2v) is 4.22. The lowest BCUT2D eigenvalue weighted by Crippen LogP contribution is -2.05. The summed E-state index contributed by atoms with van der Waals surface area (Å²) in [5, 5.41) is 0. The minimum atomic E-state index is -0.554. The van der Waals surface area contributed by atoms with Gasteiger partial charge < -0.3 is 13.9 Å². The van der Waals surface area contributed by atoms with Crippen LogP contribution in [-0.2, 0) is 11.2 Å². The van der Waals surface area contributed by atoms with Gasteiger partial charge >= 0.3 is 5.97 Å². The highest BCUT2D eigenvalue weighted by atomic mass is 19.1. The Morgan fingerprint density at radius 1 is 1.38 bits per heavy atom. The summed E-state index contributed by atoms with van der Waals surface area (Å²) in [6, 6.07) is 4.24. The maximum absolute atomic E-state index is 13.4. The molecule has 2 aromatic rings. The lowest BCUT2D eigenvalue weighted by molar-refractivity contribution is 0.0489. The highest BCUT2D eigenvalue weighted by Crippen LogP contribution is 2.28. The Morgan fingerprint density at radius 3 is 2.76 bits per heavy atom. The summed E-state index contributed by atoms with van der Waals surface area (Å²) >= 11 is 0. The van der Waals surface area contributed by atoms with E-state index in [1.165, 1.54) is 25.3 Å². The number of halogens is 1. The molecule has 0 saturated carbocycles. The van der Waals surface area contributed by atoms with Crippen LogP contribution in [0.4, 0.5) is 4.39 Å². The monoisotopic (exact) mass is 293 g/mol. The van der Waals surface area contributed by atoms with Gasteiger partial charge in [-0.05, 0) is 31.5 Å². The van der Waals surface area contributed by atoms with Crippen molar-refractivity contribution in [2.75, 3.05) is 13.7 Å². The van der Waals surface area contributed by atoms with Crippen LogP contribution in [0.15, 0.2) is 22.6 Å². The summed E-state index contributed by atoms with van der Waals surface area (Å²) < 4.78 is 28.7. The number of nitrogens with zero attached hydrogens (tertiary/aromatic N) is 1. The van der Waals surface area contributed by atoms with Gasteiger partial charge in [-0.3, -0.25) is 0 Å². The third kappa shape index (κ3) is 3.04. The van der Waals surface area contributed by atoms with Gasteiger partial charge in [0.1, 0.15) is 0 Å². The highest BCUT2D eigenvalue weighted by Gasteiger charge is 2.21. The predicted octanol–water partition coefficient (Wildman–Crippen LogP) is 3.23. The molecule has 6 heteroatoms. The van der Waals surface area contributed by atoms with Crippen LogP contribution in [0.2, 0.25) is 0 Å². The summed E-state index contributed by atoms with van der Waals surface area (Å²) in [5.41, 5.74) is 1.03. The van der Waals surface area contributed by atoms with Crippen molar-refractivity contribution in [3.8, 4) is 17.2 Å². The number of rotatable bonds is 5. The van der Waals surface area contributed by atoms with Crippen molar-refractivity contribution < 1.29 is 23.1 Å². The van der Waals surface area contributed by atoms with Crippen LogP contribution in [0.3, 0.4) is 0 Å². The van der Waals surface area contributed by atoms with E-state index in [0.717, 1.165) is 0 Å². The zero-order valence-corrected chi connectivity index (χ0v) is 12.1. The number of aryl methyl sites for hydroxylation is 1. The molecule has 2 rings (SSSR count). The van der Waals surface area contributed by atoms with Crippen LogP contribution in [0, 0.1) is 5.82 Å². The number of hydrogen-bond donors (Lipinski definition) is 0. The number of carbonyl (C=O) groups is 1. The van der Waals surface area contributed by atoms with Gasteiger partial charge in [0.15, 0.2) is 11.6 Å². The van der Waals surface area contributed by atoms with Crippen LogP contribution >= 0.6 is 0 Å². The quantitative estimate of drug-likeness (QED) is 0.792. The van der Waals surface area contributed by atoms with E-state index in [1.807, 2.05) is 6.92 Å². The molecule has 1 heterocycles. The van der Waals surface area contributed by atoms with Gasteiger partial charge in [-0.15, -0.1) is 0 Å². The standard InChI is InChI=1S/C15H16FNO4/c1-4-11-13(15(18)20-5-2)21-14(17-11)9-6-7-10(16)12(8-9)19-3/h6-8H,4-5H2,1-3H3. The molecule has 0 fully saturated rings. The topological polar surface area (TPSA) is 61.6 Å².